The van der Waals surface area contributed by atoms with E-state index in [4.69, 9.17) is 0 Å². The summed E-state index contributed by atoms with van der Waals surface area (Å²) in [5.74, 6) is -0.0132. The van der Waals surface area contributed by atoms with Crippen LogP contribution >= 0.6 is 0 Å². The SMILES string of the molecule is Cc1cc(C)c2c(c1)C(c1c[nH]c3ccccc13)(c1c[nH]c3ccccc13)C(=O)N2. The summed E-state index contributed by atoms with van der Waals surface area (Å²) in [6.07, 6.45) is 4.00. The molecule has 1 amide bonds. The molecule has 30 heavy (non-hydrogen) atoms. The summed E-state index contributed by atoms with van der Waals surface area (Å²) in [6, 6.07) is 20.6. The minimum atomic E-state index is -0.939. The summed E-state index contributed by atoms with van der Waals surface area (Å²) in [5.41, 5.74) is 7.22. The lowest BCUT2D eigenvalue weighted by Gasteiger charge is -2.28. The maximum Gasteiger partial charge on any atom is 0.244 e. The maximum atomic E-state index is 14.0. The van der Waals surface area contributed by atoms with E-state index in [1.807, 2.05) is 36.7 Å². The zero-order chi connectivity index (χ0) is 20.5. The van der Waals surface area contributed by atoms with Gasteiger partial charge in [0, 0.05) is 56.6 Å². The zero-order valence-electron chi connectivity index (χ0n) is 16.8. The molecule has 0 saturated heterocycles. The van der Waals surface area contributed by atoms with E-state index >= 15 is 0 Å². The number of aromatic nitrogens is 2. The third kappa shape index (κ3) is 2.03. The zero-order valence-corrected chi connectivity index (χ0v) is 16.8. The first-order valence-electron chi connectivity index (χ1n) is 10.2. The summed E-state index contributed by atoms with van der Waals surface area (Å²) in [5, 5.41) is 5.34. The smallest absolute Gasteiger partial charge is 0.244 e. The molecule has 5 aromatic rings. The highest BCUT2D eigenvalue weighted by Crippen LogP contribution is 2.52. The molecule has 0 spiro atoms. The third-order valence-corrected chi connectivity index (χ3v) is 6.45. The second-order valence-electron chi connectivity index (χ2n) is 8.20. The second-order valence-corrected chi connectivity index (χ2v) is 8.20. The first kappa shape index (κ1) is 17.1. The lowest BCUT2D eigenvalue weighted by Crippen LogP contribution is -2.36. The van der Waals surface area contributed by atoms with Crippen LogP contribution in [0.15, 0.2) is 73.1 Å². The Morgan fingerprint density at radius 3 is 1.90 bits per heavy atom. The van der Waals surface area contributed by atoms with Crippen LogP contribution in [0.5, 0.6) is 0 Å². The molecule has 0 atom stereocenters. The highest BCUT2D eigenvalue weighted by molar-refractivity contribution is 6.16. The van der Waals surface area contributed by atoms with Crippen LogP contribution in [-0.2, 0) is 10.2 Å². The van der Waals surface area contributed by atoms with Gasteiger partial charge in [0.25, 0.3) is 0 Å². The van der Waals surface area contributed by atoms with Gasteiger partial charge in [0.1, 0.15) is 5.41 Å². The van der Waals surface area contributed by atoms with E-state index in [-0.39, 0.29) is 5.91 Å². The summed E-state index contributed by atoms with van der Waals surface area (Å²) in [4.78, 5) is 20.7. The van der Waals surface area contributed by atoms with Crippen molar-refractivity contribution in [2.24, 2.45) is 0 Å². The Bertz CT molecular complexity index is 1400. The molecule has 1 aliphatic rings. The monoisotopic (exact) mass is 391 g/mol. The van der Waals surface area contributed by atoms with Crippen LogP contribution in [0.25, 0.3) is 21.8 Å². The largest absolute Gasteiger partial charge is 0.361 e. The first-order chi connectivity index (χ1) is 14.6. The number of aromatic amines is 2. The van der Waals surface area contributed by atoms with Crippen LogP contribution < -0.4 is 5.32 Å². The second kappa shape index (κ2) is 5.86. The number of amides is 1. The van der Waals surface area contributed by atoms with Crippen molar-refractivity contribution in [1.82, 2.24) is 9.97 Å². The third-order valence-electron chi connectivity index (χ3n) is 6.45. The van der Waals surface area contributed by atoms with Crippen LogP contribution in [0.3, 0.4) is 0 Å². The predicted octanol–water partition coefficient (Wildman–Crippen LogP) is 5.55. The van der Waals surface area contributed by atoms with Gasteiger partial charge in [-0.3, -0.25) is 4.79 Å². The topological polar surface area (TPSA) is 60.7 Å². The Hall–Kier alpha value is -3.79. The summed E-state index contributed by atoms with van der Waals surface area (Å²) in [6.45, 7) is 4.15. The number of nitrogens with one attached hydrogen (secondary N) is 3. The number of rotatable bonds is 2. The number of aryl methyl sites for hydroxylation is 2. The summed E-state index contributed by atoms with van der Waals surface area (Å²) >= 11 is 0. The molecule has 0 saturated carbocycles. The van der Waals surface area contributed by atoms with Crippen LogP contribution in [0.4, 0.5) is 5.69 Å². The number of para-hydroxylation sites is 2. The molecule has 0 fully saturated rings. The van der Waals surface area contributed by atoms with Gasteiger partial charge >= 0.3 is 0 Å². The fraction of sp³-hybridized carbons (Fsp3) is 0.115. The number of hydrogen-bond acceptors (Lipinski definition) is 1. The minimum absolute atomic E-state index is 0.0132. The van der Waals surface area contributed by atoms with Gasteiger partial charge in [-0.1, -0.05) is 54.1 Å². The van der Waals surface area contributed by atoms with Crippen LogP contribution in [-0.4, -0.2) is 15.9 Å². The molecule has 6 rings (SSSR count). The molecule has 3 heterocycles. The molecule has 0 unspecified atom stereocenters. The fourth-order valence-electron chi connectivity index (χ4n) is 5.20. The highest BCUT2D eigenvalue weighted by Gasteiger charge is 2.52. The number of benzene rings is 3. The maximum absolute atomic E-state index is 14.0. The Kier molecular flexibility index (Phi) is 3.34. The Morgan fingerprint density at radius 2 is 1.30 bits per heavy atom. The highest BCUT2D eigenvalue weighted by atomic mass is 16.2. The number of anilines is 1. The Morgan fingerprint density at radius 1 is 0.733 bits per heavy atom. The molecular weight excluding hydrogens is 370 g/mol. The van der Waals surface area contributed by atoms with Crippen molar-refractivity contribution in [3.05, 3.63) is 101 Å². The lowest BCUT2D eigenvalue weighted by molar-refractivity contribution is -0.118. The molecule has 0 bridgehead atoms. The van der Waals surface area contributed by atoms with Gasteiger partial charge < -0.3 is 15.3 Å². The number of carbonyl (C=O) groups is 1. The van der Waals surface area contributed by atoms with Crippen molar-refractivity contribution >= 4 is 33.4 Å². The number of fused-ring (bicyclic) bond motifs is 3. The van der Waals surface area contributed by atoms with Crippen molar-refractivity contribution in [3.8, 4) is 0 Å². The van der Waals surface area contributed by atoms with Crippen molar-refractivity contribution < 1.29 is 4.79 Å². The van der Waals surface area contributed by atoms with E-state index in [1.54, 1.807) is 0 Å². The van der Waals surface area contributed by atoms with Gasteiger partial charge in [-0.25, -0.2) is 0 Å². The first-order valence-corrected chi connectivity index (χ1v) is 10.2. The van der Waals surface area contributed by atoms with Crippen LogP contribution in [0, 0.1) is 13.8 Å². The van der Waals surface area contributed by atoms with E-state index in [0.29, 0.717) is 0 Å². The van der Waals surface area contributed by atoms with Gasteiger partial charge in [0.05, 0.1) is 0 Å². The summed E-state index contributed by atoms with van der Waals surface area (Å²) in [7, 11) is 0. The van der Waals surface area contributed by atoms with E-state index in [2.05, 4.69) is 65.5 Å². The van der Waals surface area contributed by atoms with E-state index in [0.717, 1.165) is 55.3 Å². The van der Waals surface area contributed by atoms with Crippen molar-refractivity contribution in [2.75, 3.05) is 5.32 Å². The number of hydrogen-bond donors (Lipinski definition) is 3. The van der Waals surface area contributed by atoms with Crippen LogP contribution in [0.2, 0.25) is 0 Å². The van der Waals surface area contributed by atoms with Gasteiger partial charge in [0.2, 0.25) is 5.91 Å². The van der Waals surface area contributed by atoms with Gasteiger partial charge in [-0.2, -0.15) is 0 Å². The van der Waals surface area contributed by atoms with Crippen molar-refractivity contribution in [1.29, 1.82) is 0 Å². The molecule has 4 nitrogen and oxygen atoms in total. The summed E-state index contributed by atoms with van der Waals surface area (Å²) < 4.78 is 0. The molecular formula is C26H21N3O. The van der Waals surface area contributed by atoms with E-state index in [9.17, 15) is 4.79 Å². The average molecular weight is 391 g/mol. The molecule has 4 heteroatoms. The molecule has 3 aromatic carbocycles. The molecule has 146 valence electrons. The molecule has 1 aliphatic heterocycles. The predicted molar refractivity (Wildman–Crippen MR) is 121 cm³/mol. The fourth-order valence-corrected chi connectivity index (χ4v) is 5.20. The van der Waals surface area contributed by atoms with E-state index < -0.39 is 5.41 Å². The molecule has 0 radical (unpaired) electrons. The number of carbonyl (C=O) groups excluding carboxylic acids is 1. The van der Waals surface area contributed by atoms with Crippen LogP contribution in [0.1, 0.15) is 27.8 Å². The molecule has 3 N–H and O–H groups in total. The standard InChI is InChI=1S/C26H21N3O/c1-15-11-16(2)24-19(12-15)26(25(30)29-24,20-13-27-22-9-5-3-7-17(20)22)21-14-28-23-10-6-4-8-18(21)23/h3-14,27-28H,1-2H3,(H,29,30). The molecule has 0 aliphatic carbocycles. The average Bonchev–Trinajstić information content (AvgIpc) is 3.43. The lowest BCUT2D eigenvalue weighted by atomic mass is 9.69. The minimum Gasteiger partial charge on any atom is -0.361 e. The van der Waals surface area contributed by atoms with Crippen molar-refractivity contribution in [3.63, 3.8) is 0 Å². The van der Waals surface area contributed by atoms with Gasteiger partial charge in [-0.15, -0.1) is 0 Å². The Labute approximate surface area is 173 Å². The Balaban J connectivity index is 1.82. The number of H-pyrrole nitrogens is 2. The van der Waals surface area contributed by atoms with E-state index in [1.165, 1.54) is 0 Å². The normalized spacial score (nSPS) is 14.9. The molecule has 2 aromatic heterocycles. The van der Waals surface area contributed by atoms with Gasteiger partial charge in [0.15, 0.2) is 0 Å². The van der Waals surface area contributed by atoms with Crippen molar-refractivity contribution in [2.45, 2.75) is 19.3 Å². The quantitative estimate of drug-likeness (QED) is 0.363. The van der Waals surface area contributed by atoms with Gasteiger partial charge in [-0.05, 0) is 31.5 Å².